The lowest BCUT2D eigenvalue weighted by molar-refractivity contribution is 0.460. The third-order valence-electron chi connectivity index (χ3n) is 5.46. The molecule has 26 heavy (non-hydrogen) atoms. The molecule has 1 fully saturated rings. The van der Waals surface area contributed by atoms with Crippen LogP contribution >= 0.6 is 23.1 Å². The van der Waals surface area contributed by atoms with Crippen LogP contribution in [0.2, 0.25) is 0 Å². The van der Waals surface area contributed by atoms with E-state index in [9.17, 15) is 4.39 Å². The lowest BCUT2D eigenvalue weighted by Gasteiger charge is -2.21. The first-order chi connectivity index (χ1) is 12.7. The van der Waals surface area contributed by atoms with Crippen molar-refractivity contribution >= 4 is 44.7 Å². The molecule has 4 heterocycles. The molecule has 2 aliphatic rings. The summed E-state index contributed by atoms with van der Waals surface area (Å²) in [5, 5.41) is 8.46. The predicted octanol–water partition coefficient (Wildman–Crippen LogP) is 4.59. The molecule has 3 aromatic rings. The smallest absolute Gasteiger partial charge is 0.173 e. The van der Waals surface area contributed by atoms with Crippen molar-refractivity contribution in [1.82, 2.24) is 15.3 Å². The first kappa shape index (κ1) is 16.5. The van der Waals surface area contributed by atoms with Crippen LogP contribution in [-0.2, 0) is 6.42 Å². The van der Waals surface area contributed by atoms with Gasteiger partial charge < -0.3 is 10.6 Å². The molecule has 2 aromatic heterocycles. The van der Waals surface area contributed by atoms with Crippen molar-refractivity contribution < 1.29 is 4.39 Å². The molecule has 0 bridgehead atoms. The van der Waals surface area contributed by atoms with E-state index in [0.29, 0.717) is 28.4 Å². The van der Waals surface area contributed by atoms with E-state index in [1.807, 2.05) is 30.1 Å². The van der Waals surface area contributed by atoms with Gasteiger partial charge in [0.2, 0.25) is 0 Å². The quantitative estimate of drug-likeness (QED) is 0.690. The molecule has 0 radical (unpaired) electrons. The van der Waals surface area contributed by atoms with Gasteiger partial charge in [0.05, 0.1) is 15.9 Å². The number of pyridine rings is 1. The van der Waals surface area contributed by atoms with Crippen LogP contribution < -0.4 is 10.6 Å². The van der Waals surface area contributed by atoms with Crippen LogP contribution in [0.5, 0.6) is 0 Å². The lowest BCUT2D eigenvalue weighted by atomic mass is 9.93. The second kappa shape index (κ2) is 6.48. The van der Waals surface area contributed by atoms with Crippen molar-refractivity contribution in [2.45, 2.75) is 36.1 Å². The molecule has 134 valence electrons. The van der Waals surface area contributed by atoms with E-state index in [0.717, 1.165) is 28.4 Å². The maximum absolute atomic E-state index is 14.8. The van der Waals surface area contributed by atoms with Crippen molar-refractivity contribution in [1.29, 1.82) is 0 Å². The summed E-state index contributed by atoms with van der Waals surface area (Å²) < 4.78 is 15.6. The number of rotatable bonds is 3. The molecule has 4 nitrogen and oxygen atoms in total. The van der Waals surface area contributed by atoms with Crippen LogP contribution in [0.25, 0.3) is 10.2 Å². The summed E-state index contributed by atoms with van der Waals surface area (Å²) in [6, 6.07) is 6.21. The number of aromatic nitrogens is 2. The highest BCUT2D eigenvalue weighted by Crippen LogP contribution is 2.45. The Bertz CT molecular complexity index is 973. The number of fused-ring (bicyclic) bond motifs is 2. The van der Waals surface area contributed by atoms with Gasteiger partial charge in [-0.05, 0) is 50.4 Å². The number of halogens is 1. The molecular formula is C19H19FN4S2. The van der Waals surface area contributed by atoms with E-state index in [-0.39, 0.29) is 5.82 Å². The maximum Gasteiger partial charge on any atom is 0.173 e. The van der Waals surface area contributed by atoms with Crippen LogP contribution in [0.3, 0.4) is 0 Å². The minimum Gasteiger partial charge on any atom is -0.353 e. The molecular weight excluding hydrogens is 367 g/mol. The van der Waals surface area contributed by atoms with Crippen molar-refractivity contribution in [2.24, 2.45) is 5.92 Å². The van der Waals surface area contributed by atoms with Crippen LogP contribution in [0.4, 0.5) is 15.8 Å². The molecule has 2 aliphatic heterocycles. The molecule has 2 N–H and O–H groups in total. The fourth-order valence-corrected chi connectivity index (χ4v) is 6.25. The maximum atomic E-state index is 14.8. The molecule has 1 unspecified atom stereocenters. The van der Waals surface area contributed by atoms with E-state index in [2.05, 4.69) is 27.5 Å². The second-order valence-corrected chi connectivity index (χ2v) is 9.06. The Morgan fingerprint density at radius 1 is 1.23 bits per heavy atom. The number of hydrogen-bond acceptors (Lipinski definition) is 6. The van der Waals surface area contributed by atoms with Gasteiger partial charge in [0.15, 0.2) is 5.82 Å². The van der Waals surface area contributed by atoms with Crippen LogP contribution in [0.1, 0.15) is 18.9 Å². The second-order valence-electron chi connectivity index (χ2n) is 6.95. The SMILES string of the molecule is C[C@H]1NCC[C@H]1C1Cc2c(Nc3ccc4scnc4c3F)ccnc2S1. The Balaban J connectivity index is 1.45. The molecule has 7 heteroatoms. The Kier molecular flexibility index (Phi) is 4.10. The molecule has 5 rings (SSSR count). The number of nitrogens with zero attached hydrogens (tertiary/aromatic N) is 2. The van der Waals surface area contributed by atoms with Gasteiger partial charge in [-0.15, -0.1) is 23.1 Å². The highest BCUT2D eigenvalue weighted by molar-refractivity contribution is 8.00. The van der Waals surface area contributed by atoms with Gasteiger partial charge in [-0.25, -0.2) is 14.4 Å². The minimum atomic E-state index is -0.287. The van der Waals surface area contributed by atoms with Crippen LogP contribution in [0.15, 0.2) is 34.9 Å². The average Bonchev–Trinajstić information content (AvgIpc) is 3.36. The largest absolute Gasteiger partial charge is 0.353 e. The minimum absolute atomic E-state index is 0.287. The number of nitrogens with one attached hydrogen (secondary N) is 2. The summed E-state index contributed by atoms with van der Waals surface area (Å²) in [6.07, 6.45) is 4.00. The Morgan fingerprint density at radius 2 is 2.15 bits per heavy atom. The van der Waals surface area contributed by atoms with Gasteiger partial charge in [-0.2, -0.15) is 0 Å². The fraction of sp³-hybridized carbons (Fsp3) is 0.368. The lowest BCUT2D eigenvalue weighted by Crippen LogP contribution is -2.29. The highest BCUT2D eigenvalue weighted by atomic mass is 32.2. The fourth-order valence-electron chi connectivity index (χ4n) is 4.04. The van der Waals surface area contributed by atoms with Gasteiger partial charge in [0.1, 0.15) is 10.5 Å². The summed E-state index contributed by atoms with van der Waals surface area (Å²) in [7, 11) is 0. The van der Waals surface area contributed by atoms with E-state index in [1.165, 1.54) is 23.3 Å². The van der Waals surface area contributed by atoms with Crippen molar-refractivity contribution in [3.05, 3.63) is 41.3 Å². The standard InChI is InChI=1S/C19H19FN4S2/c1-10-11(4-6-21-10)16-8-12-13(5-7-22-19(12)26-16)24-14-2-3-15-18(17(14)20)23-9-25-15/h2-3,5,7,9-11,16,21H,4,6,8H2,1H3,(H,22,24)/t10-,11-,16?/m1/s1. The highest BCUT2D eigenvalue weighted by Gasteiger charge is 2.36. The summed E-state index contributed by atoms with van der Waals surface area (Å²) in [5.41, 5.74) is 4.75. The molecule has 1 saturated heterocycles. The van der Waals surface area contributed by atoms with E-state index in [4.69, 9.17) is 0 Å². The Morgan fingerprint density at radius 3 is 3.00 bits per heavy atom. The number of thiazole rings is 1. The van der Waals surface area contributed by atoms with E-state index < -0.39 is 0 Å². The third kappa shape index (κ3) is 2.69. The van der Waals surface area contributed by atoms with Gasteiger partial charge >= 0.3 is 0 Å². The van der Waals surface area contributed by atoms with E-state index >= 15 is 0 Å². The number of anilines is 2. The van der Waals surface area contributed by atoms with E-state index in [1.54, 1.807) is 11.6 Å². The molecule has 1 aromatic carbocycles. The van der Waals surface area contributed by atoms with Crippen LogP contribution in [0, 0.1) is 11.7 Å². The van der Waals surface area contributed by atoms with Crippen molar-refractivity contribution in [2.75, 3.05) is 11.9 Å². The van der Waals surface area contributed by atoms with Gasteiger partial charge in [0, 0.05) is 28.7 Å². The first-order valence-electron chi connectivity index (χ1n) is 8.87. The normalized spacial score (nSPS) is 24.9. The van der Waals surface area contributed by atoms with Crippen molar-refractivity contribution in [3.8, 4) is 0 Å². The number of thioether (sulfide) groups is 1. The monoisotopic (exact) mass is 386 g/mol. The molecule has 0 amide bonds. The summed E-state index contributed by atoms with van der Waals surface area (Å²) in [6.45, 7) is 3.36. The molecule has 3 atom stereocenters. The number of hydrogen-bond donors (Lipinski definition) is 2. The zero-order chi connectivity index (χ0) is 17.7. The zero-order valence-corrected chi connectivity index (χ0v) is 16.0. The Hall–Kier alpha value is -1.70. The first-order valence-corrected chi connectivity index (χ1v) is 10.6. The summed E-state index contributed by atoms with van der Waals surface area (Å²) >= 11 is 3.33. The van der Waals surface area contributed by atoms with Crippen LogP contribution in [-0.4, -0.2) is 27.8 Å². The average molecular weight is 387 g/mol. The molecule has 0 saturated carbocycles. The zero-order valence-electron chi connectivity index (χ0n) is 14.3. The predicted molar refractivity (Wildman–Crippen MR) is 106 cm³/mol. The van der Waals surface area contributed by atoms with Gasteiger partial charge in [-0.1, -0.05) is 0 Å². The van der Waals surface area contributed by atoms with Gasteiger partial charge in [0.25, 0.3) is 0 Å². The Labute approximate surface area is 159 Å². The summed E-state index contributed by atoms with van der Waals surface area (Å²) in [5.74, 6) is 0.371. The topological polar surface area (TPSA) is 49.8 Å². The van der Waals surface area contributed by atoms with Crippen molar-refractivity contribution in [3.63, 3.8) is 0 Å². The summed E-state index contributed by atoms with van der Waals surface area (Å²) in [4.78, 5) is 8.72. The van der Waals surface area contributed by atoms with Gasteiger partial charge in [-0.3, -0.25) is 0 Å². The molecule has 0 spiro atoms. The number of benzene rings is 1. The third-order valence-corrected chi connectivity index (χ3v) is 7.65. The molecule has 0 aliphatic carbocycles.